The van der Waals surface area contributed by atoms with E-state index in [1.165, 1.54) is 14.2 Å². The molecule has 5 N–H and O–H groups in total. The molecule has 19 nitrogen and oxygen atoms in total. The fourth-order valence-electron chi connectivity index (χ4n) is 4.05. The van der Waals surface area contributed by atoms with Gasteiger partial charge >= 0.3 is 5.97 Å². The summed E-state index contributed by atoms with van der Waals surface area (Å²) in [5.74, 6) is -3.65. The van der Waals surface area contributed by atoms with Crippen LogP contribution in [0.1, 0.15) is 10.4 Å². The first-order chi connectivity index (χ1) is 21.5. The summed E-state index contributed by atoms with van der Waals surface area (Å²) in [5, 5.41) is 56.5. The third kappa shape index (κ3) is 6.51. The second-order valence-electron chi connectivity index (χ2n) is 8.89. The highest BCUT2D eigenvalue weighted by Crippen LogP contribution is 2.48. The zero-order chi connectivity index (χ0) is 34.1. The van der Waals surface area contributed by atoms with Crippen molar-refractivity contribution in [2.24, 2.45) is 20.5 Å². The molecule has 0 amide bonds. The van der Waals surface area contributed by atoms with Gasteiger partial charge in [0.25, 0.3) is 25.9 Å². The number of carboxylic acids is 1. The van der Waals surface area contributed by atoms with Crippen molar-refractivity contribution in [3.8, 4) is 23.0 Å². The van der Waals surface area contributed by atoms with Crippen molar-refractivity contribution in [1.29, 1.82) is 0 Å². The van der Waals surface area contributed by atoms with Crippen LogP contribution in [0.15, 0.2) is 78.8 Å². The van der Waals surface area contributed by atoms with E-state index in [9.17, 15) is 56.2 Å². The number of benzene rings is 4. The molecule has 0 unspecified atom stereocenters. The summed E-state index contributed by atoms with van der Waals surface area (Å²) >= 11 is 0. The molecule has 4 aromatic carbocycles. The predicted octanol–water partition coefficient (Wildman–Crippen LogP) is 5.20. The zero-order valence-electron chi connectivity index (χ0n) is 23.1. The molecule has 0 heterocycles. The monoisotopic (exact) mass is 677 g/mol. The highest BCUT2D eigenvalue weighted by molar-refractivity contribution is 7.86. The molecule has 0 aromatic heterocycles. The van der Waals surface area contributed by atoms with Crippen LogP contribution in [0.25, 0.3) is 10.8 Å². The number of phenolic OH excluding ortho intramolecular Hbond substituents is 2. The van der Waals surface area contributed by atoms with Crippen molar-refractivity contribution in [2.75, 3.05) is 14.2 Å². The molecular weight excluding hydrogens is 658 g/mol. The van der Waals surface area contributed by atoms with Crippen molar-refractivity contribution in [3.05, 3.63) is 64.2 Å². The molecule has 0 spiro atoms. The molecule has 0 fully saturated rings. The van der Waals surface area contributed by atoms with Crippen molar-refractivity contribution >= 4 is 65.4 Å². The Morgan fingerprint density at radius 2 is 1.39 bits per heavy atom. The van der Waals surface area contributed by atoms with E-state index >= 15 is 0 Å². The van der Waals surface area contributed by atoms with Crippen LogP contribution in [0, 0.1) is 10.1 Å². The first kappa shape index (κ1) is 33.1. The molecule has 0 aliphatic rings. The number of phenols is 2. The zero-order valence-corrected chi connectivity index (χ0v) is 24.7. The van der Waals surface area contributed by atoms with Gasteiger partial charge in [-0.2, -0.15) is 21.9 Å². The molecule has 0 saturated carbocycles. The number of carboxylic acid groups (broad SMARTS) is 1. The van der Waals surface area contributed by atoms with Gasteiger partial charge in [-0.05, 0) is 29.7 Å². The van der Waals surface area contributed by atoms with E-state index in [4.69, 9.17) is 9.47 Å². The largest absolute Gasteiger partial charge is 0.505 e. The summed E-state index contributed by atoms with van der Waals surface area (Å²) in [6.45, 7) is 0. The van der Waals surface area contributed by atoms with E-state index < -0.39 is 86.1 Å². The Hall–Kier alpha value is -5.77. The fourth-order valence-corrected chi connectivity index (χ4v) is 5.33. The average molecular weight is 678 g/mol. The number of nitro benzene ring substituents is 1. The van der Waals surface area contributed by atoms with Crippen LogP contribution in [0.3, 0.4) is 0 Å². The number of methoxy groups -OCH3 is 2. The maximum absolute atomic E-state index is 12.2. The standard InChI is InChI=1S/C25H19N5O14S2/c1-43-17-9-15(19(45(37,38)39)10-18(17)44-2)28-27-14-5-3-11-7-20(46(40,41)42)22(24(32)21(11)23(14)31)29-26-12-4-6-16(30(35)36)13(8-12)25(33)34/h3-10,31-32H,1-2H3,(H,33,34)(H,37,38,39)(H,40,41,42)/b28-27+,29-26+. The summed E-state index contributed by atoms with van der Waals surface area (Å²) < 4.78 is 77.8. The van der Waals surface area contributed by atoms with Gasteiger partial charge in [-0.1, -0.05) is 6.07 Å². The Morgan fingerprint density at radius 1 is 0.783 bits per heavy atom. The molecule has 0 bridgehead atoms. The van der Waals surface area contributed by atoms with Gasteiger partial charge in [0.1, 0.15) is 32.4 Å². The van der Waals surface area contributed by atoms with Crippen LogP contribution in [-0.4, -0.2) is 66.4 Å². The number of azo groups is 2. The van der Waals surface area contributed by atoms with Gasteiger partial charge in [0.15, 0.2) is 23.0 Å². The van der Waals surface area contributed by atoms with Crippen LogP contribution >= 0.6 is 0 Å². The molecule has 0 saturated heterocycles. The van der Waals surface area contributed by atoms with Crippen LogP contribution in [0.5, 0.6) is 23.0 Å². The maximum atomic E-state index is 12.2. The van der Waals surface area contributed by atoms with Crippen molar-refractivity contribution < 1.29 is 60.5 Å². The van der Waals surface area contributed by atoms with Gasteiger partial charge in [-0.15, -0.1) is 15.3 Å². The molecule has 240 valence electrons. The highest BCUT2D eigenvalue weighted by Gasteiger charge is 2.26. The Morgan fingerprint density at radius 3 is 1.96 bits per heavy atom. The molecule has 0 radical (unpaired) electrons. The quantitative estimate of drug-likeness (QED) is 0.0624. The van der Waals surface area contributed by atoms with Crippen LogP contribution in [0.2, 0.25) is 0 Å². The Bertz CT molecular complexity index is 2220. The van der Waals surface area contributed by atoms with Crippen LogP contribution in [-0.2, 0) is 20.2 Å². The molecule has 4 aromatic rings. The smallest absolute Gasteiger partial charge is 0.342 e. The lowest BCUT2D eigenvalue weighted by Crippen LogP contribution is -2.02. The second-order valence-corrected chi connectivity index (χ2v) is 11.7. The minimum absolute atomic E-state index is 0.000435. The number of nitrogens with zero attached hydrogens (tertiary/aromatic N) is 5. The number of aromatic carboxylic acids is 1. The summed E-state index contributed by atoms with van der Waals surface area (Å²) in [7, 11) is -7.53. The second kappa shape index (κ2) is 12.3. The normalized spacial score (nSPS) is 12.2. The average Bonchev–Trinajstić information content (AvgIpc) is 2.98. The SMILES string of the molecule is COc1cc(/N=N/c2ccc3cc(S(=O)(=O)O)c(/N=N/c4ccc([N+](=O)[O-])c(C(=O)O)c4)c(O)c3c2O)c(S(=O)(=O)O)cc1OC. The number of ether oxygens (including phenoxy) is 2. The third-order valence-corrected chi connectivity index (χ3v) is 7.88. The minimum atomic E-state index is -5.12. The Kier molecular flexibility index (Phi) is 8.87. The molecule has 0 atom stereocenters. The van der Waals surface area contributed by atoms with Gasteiger partial charge < -0.3 is 24.8 Å². The first-order valence-corrected chi connectivity index (χ1v) is 14.9. The highest BCUT2D eigenvalue weighted by atomic mass is 32.2. The Labute approximate surface area is 257 Å². The maximum Gasteiger partial charge on any atom is 0.342 e. The van der Waals surface area contributed by atoms with Gasteiger partial charge in [-0.3, -0.25) is 19.2 Å². The van der Waals surface area contributed by atoms with Gasteiger partial charge in [0.2, 0.25) is 0 Å². The first-order valence-electron chi connectivity index (χ1n) is 12.1. The van der Waals surface area contributed by atoms with Gasteiger partial charge in [0, 0.05) is 18.2 Å². The van der Waals surface area contributed by atoms with E-state index in [0.717, 1.165) is 48.5 Å². The lowest BCUT2D eigenvalue weighted by atomic mass is 10.1. The molecular formula is C25H19N5O14S2. The number of aromatic hydroxyl groups is 2. The number of nitro groups is 1. The van der Waals surface area contributed by atoms with E-state index in [1.807, 2.05) is 0 Å². The van der Waals surface area contributed by atoms with Crippen molar-refractivity contribution in [3.63, 3.8) is 0 Å². The van der Waals surface area contributed by atoms with Gasteiger partial charge in [-0.25, -0.2) is 4.79 Å². The van der Waals surface area contributed by atoms with E-state index in [1.54, 1.807) is 0 Å². The lowest BCUT2D eigenvalue weighted by molar-refractivity contribution is -0.385. The van der Waals surface area contributed by atoms with E-state index in [0.29, 0.717) is 0 Å². The molecule has 46 heavy (non-hydrogen) atoms. The number of hydrogen-bond donors (Lipinski definition) is 5. The third-order valence-electron chi connectivity index (χ3n) is 6.13. The summed E-state index contributed by atoms with van der Waals surface area (Å²) in [6.07, 6.45) is 0. The number of rotatable bonds is 10. The number of fused-ring (bicyclic) bond motifs is 1. The van der Waals surface area contributed by atoms with E-state index in [-0.39, 0.29) is 22.6 Å². The van der Waals surface area contributed by atoms with E-state index in [2.05, 4.69) is 20.5 Å². The summed E-state index contributed by atoms with van der Waals surface area (Å²) in [5.41, 5.74) is -3.68. The lowest BCUT2D eigenvalue weighted by Gasteiger charge is -2.12. The molecule has 4 rings (SSSR count). The van der Waals surface area contributed by atoms with Crippen molar-refractivity contribution in [2.45, 2.75) is 9.79 Å². The summed E-state index contributed by atoms with van der Waals surface area (Å²) in [6, 6.07) is 7.54. The molecule has 21 heteroatoms. The topological polar surface area (TPSA) is 298 Å². The fraction of sp³-hybridized carbons (Fsp3) is 0.0800. The number of carbonyl (C=O) groups is 1. The summed E-state index contributed by atoms with van der Waals surface area (Å²) in [4.78, 5) is 19.9. The molecule has 0 aliphatic heterocycles. The molecule has 0 aliphatic carbocycles. The van der Waals surface area contributed by atoms with Crippen LogP contribution < -0.4 is 9.47 Å². The minimum Gasteiger partial charge on any atom is -0.505 e. The van der Waals surface area contributed by atoms with Crippen molar-refractivity contribution in [1.82, 2.24) is 0 Å². The van der Waals surface area contributed by atoms with Gasteiger partial charge in [0.05, 0.1) is 30.2 Å². The number of hydrogen-bond acceptors (Lipinski definition) is 15. The van der Waals surface area contributed by atoms with Crippen LogP contribution in [0.4, 0.5) is 28.4 Å². The predicted molar refractivity (Wildman–Crippen MR) is 155 cm³/mol. The Balaban J connectivity index is 1.90.